The normalized spacial score (nSPS) is 18.6. The molecule has 1 aliphatic rings. The summed E-state index contributed by atoms with van der Waals surface area (Å²) >= 11 is 3.42. The first-order chi connectivity index (χ1) is 13.5. The Morgan fingerprint density at radius 1 is 1.25 bits per heavy atom. The second-order valence-corrected chi connectivity index (χ2v) is 7.47. The molecule has 0 saturated carbocycles. The van der Waals surface area contributed by atoms with E-state index in [-0.39, 0.29) is 17.8 Å². The van der Waals surface area contributed by atoms with Gasteiger partial charge in [-0.1, -0.05) is 52.2 Å². The number of fused-ring (bicyclic) bond motifs is 1. The molecule has 0 fully saturated rings. The molecular weight excluding hydrogens is 432 g/mol. The summed E-state index contributed by atoms with van der Waals surface area (Å²) in [6.07, 6.45) is 1.55. The number of halogens is 3. The lowest BCUT2D eigenvalue weighted by Gasteiger charge is -2.32. The summed E-state index contributed by atoms with van der Waals surface area (Å²) in [5.41, 5.74) is 2.93. The Kier molecular flexibility index (Phi) is 5.25. The minimum absolute atomic E-state index is 0.0622. The Morgan fingerprint density at radius 2 is 2.04 bits per heavy atom. The molecule has 146 valence electrons. The number of nitrogens with one attached hydrogen (secondary N) is 1. The van der Waals surface area contributed by atoms with Crippen LogP contribution in [0.5, 0.6) is 5.75 Å². The van der Waals surface area contributed by atoms with E-state index in [0.717, 1.165) is 16.5 Å². The molecule has 0 bridgehead atoms. The van der Waals surface area contributed by atoms with Gasteiger partial charge in [0.15, 0.2) is 0 Å². The first-order valence-electron chi connectivity index (χ1n) is 8.92. The van der Waals surface area contributed by atoms with Crippen LogP contribution in [-0.4, -0.2) is 26.8 Å². The van der Waals surface area contributed by atoms with Gasteiger partial charge in [0.25, 0.3) is 0 Å². The van der Waals surface area contributed by atoms with Crippen LogP contribution in [0.3, 0.4) is 0 Å². The third-order valence-corrected chi connectivity index (χ3v) is 5.38. The van der Waals surface area contributed by atoms with Gasteiger partial charge in [-0.15, -0.1) is 0 Å². The first-order valence-corrected chi connectivity index (χ1v) is 9.72. The zero-order valence-electron chi connectivity index (χ0n) is 15.0. The van der Waals surface area contributed by atoms with Crippen molar-refractivity contribution in [2.24, 2.45) is 0 Å². The van der Waals surface area contributed by atoms with E-state index in [1.54, 1.807) is 16.8 Å². The van der Waals surface area contributed by atoms with E-state index in [9.17, 15) is 8.78 Å². The summed E-state index contributed by atoms with van der Waals surface area (Å²) in [7, 11) is 0. The van der Waals surface area contributed by atoms with Gasteiger partial charge in [0.2, 0.25) is 5.95 Å². The minimum atomic E-state index is -2.91. The fourth-order valence-electron chi connectivity index (χ4n) is 3.48. The molecule has 4 rings (SSSR count). The average Bonchev–Trinajstić information content (AvgIpc) is 3.17. The Bertz CT molecular complexity index is 963. The lowest BCUT2D eigenvalue weighted by atomic mass is 9.92. The van der Waals surface area contributed by atoms with E-state index in [1.165, 1.54) is 11.6 Å². The summed E-state index contributed by atoms with van der Waals surface area (Å²) in [6.45, 7) is -0.803. The molecule has 2 heterocycles. The van der Waals surface area contributed by atoms with Crippen molar-refractivity contribution in [1.29, 1.82) is 0 Å². The van der Waals surface area contributed by atoms with Crippen LogP contribution in [-0.2, 0) is 6.42 Å². The van der Waals surface area contributed by atoms with Gasteiger partial charge in [-0.25, -0.2) is 4.68 Å². The van der Waals surface area contributed by atoms with Gasteiger partial charge in [0.1, 0.15) is 5.75 Å². The summed E-state index contributed by atoms with van der Waals surface area (Å²) in [5, 5.41) is 15.2. The van der Waals surface area contributed by atoms with Crippen molar-refractivity contribution >= 4 is 21.9 Å². The third-order valence-electron chi connectivity index (χ3n) is 4.89. The molecular formula is C19H18BrF2N5O. The number of ether oxygens (including phenoxy) is 1. The van der Waals surface area contributed by atoms with Crippen LogP contribution in [0.2, 0.25) is 0 Å². The van der Waals surface area contributed by atoms with Gasteiger partial charge in [-0.05, 0) is 52.6 Å². The first kappa shape index (κ1) is 18.8. The monoisotopic (exact) mass is 449 g/mol. The quantitative estimate of drug-likeness (QED) is 0.608. The maximum Gasteiger partial charge on any atom is 0.387 e. The van der Waals surface area contributed by atoms with Crippen LogP contribution in [0, 0.1) is 0 Å². The Balaban J connectivity index is 1.73. The highest BCUT2D eigenvalue weighted by molar-refractivity contribution is 9.10. The standard InChI is InChI=1S/C19H18BrF2N5O/c1-2-11-3-5-12(6-4-11)15-10-16(27-19(23-15)24-25-26-27)14-9-13(20)7-8-17(14)28-18(21)22/h3-9,15-16,18H,2,10H2,1H3,(H,23,24,26)/t15-,16+/m0/s1. The Hall–Kier alpha value is -2.55. The molecule has 0 radical (unpaired) electrons. The van der Waals surface area contributed by atoms with Gasteiger partial charge >= 0.3 is 6.61 Å². The highest BCUT2D eigenvalue weighted by Gasteiger charge is 2.33. The molecule has 6 nitrogen and oxygen atoms in total. The number of tetrazole rings is 1. The molecule has 3 aromatic rings. The smallest absolute Gasteiger partial charge is 0.387 e. The van der Waals surface area contributed by atoms with Crippen LogP contribution in [0.4, 0.5) is 14.7 Å². The Labute approximate surface area is 169 Å². The molecule has 0 spiro atoms. The average molecular weight is 450 g/mol. The van der Waals surface area contributed by atoms with Crippen molar-refractivity contribution < 1.29 is 13.5 Å². The lowest BCUT2D eigenvalue weighted by molar-refractivity contribution is -0.0508. The molecule has 1 N–H and O–H groups in total. The topological polar surface area (TPSA) is 64.9 Å². The predicted octanol–water partition coefficient (Wildman–Crippen LogP) is 4.75. The van der Waals surface area contributed by atoms with E-state index in [0.29, 0.717) is 17.9 Å². The van der Waals surface area contributed by atoms with Crippen molar-refractivity contribution in [3.63, 3.8) is 0 Å². The zero-order valence-corrected chi connectivity index (χ0v) is 16.6. The van der Waals surface area contributed by atoms with E-state index >= 15 is 0 Å². The maximum absolute atomic E-state index is 12.9. The molecule has 2 aromatic carbocycles. The number of anilines is 1. The molecule has 0 saturated heterocycles. The van der Waals surface area contributed by atoms with Crippen LogP contribution >= 0.6 is 15.9 Å². The SMILES string of the molecule is CCc1ccc([C@@H]2C[C@H](c3cc(Br)ccc3OC(F)F)n3nnnc3N2)cc1. The minimum Gasteiger partial charge on any atom is -0.434 e. The number of aryl methyl sites for hydroxylation is 1. The second kappa shape index (κ2) is 7.83. The summed E-state index contributed by atoms with van der Waals surface area (Å²) < 4.78 is 33.0. The molecule has 9 heteroatoms. The summed E-state index contributed by atoms with van der Waals surface area (Å²) in [5.74, 6) is 0.607. The fraction of sp³-hybridized carbons (Fsp3) is 0.316. The second-order valence-electron chi connectivity index (χ2n) is 6.55. The third kappa shape index (κ3) is 3.71. The molecule has 1 aromatic heterocycles. The van der Waals surface area contributed by atoms with Crippen LogP contribution in [0.25, 0.3) is 0 Å². The van der Waals surface area contributed by atoms with Crippen molar-refractivity contribution in [3.05, 3.63) is 63.6 Å². The predicted molar refractivity (Wildman–Crippen MR) is 104 cm³/mol. The molecule has 1 aliphatic heterocycles. The maximum atomic E-state index is 12.9. The molecule has 28 heavy (non-hydrogen) atoms. The number of benzene rings is 2. The van der Waals surface area contributed by atoms with Crippen molar-refractivity contribution in [2.75, 3.05) is 5.32 Å². The van der Waals surface area contributed by atoms with Crippen molar-refractivity contribution in [3.8, 4) is 5.75 Å². The van der Waals surface area contributed by atoms with Crippen molar-refractivity contribution in [1.82, 2.24) is 20.2 Å². The number of hydrogen-bond acceptors (Lipinski definition) is 5. The van der Waals surface area contributed by atoms with Crippen LogP contribution < -0.4 is 10.1 Å². The number of alkyl halides is 2. The van der Waals surface area contributed by atoms with Gasteiger partial charge < -0.3 is 10.1 Å². The molecule has 0 unspecified atom stereocenters. The highest BCUT2D eigenvalue weighted by atomic mass is 79.9. The zero-order chi connectivity index (χ0) is 19.7. The van der Waals surface area contributed by atoms with Crippen molar-refractivity contribution in [2.45, 2.75) is 38.5 Å². The van der Waals surface area contributed by atoms with Gasteiger partial charge in [-0.2, -0.15) is 8.78 Å². The molecule has 2 atom stereocenters. The number of nitrogens with zero attached hydrogens (tertiary/aromatic N) is 4. The van der Waals surface area contributed by atoms with E-state index in [1.807, 2.05) is 0 Å². The van der Waals surface area contributed by atoms with E-state index < -0.39 is 6.61 Å². The molecule has 0 amide bonds. The van der Waals surface area contributed by atoms with E-state index in [2.05, 4.69) is 68.0 Å². The van der Waals surface area contributed by atoms with Gasteiger partial charge in [-0.3, -0.25) is 0 Å². The van der Waals surface area contributed by atoms with Gasteiger partial charge in [0.05, 0.1) is 12.1 Å². The number of aromatic nitrogens is 4. The fourth-order valence-corrected chi connectivity index (χ4v) is 3.86. The van der Waals surface area contributed by atoms with Gasteiger partial charge in [0, 0.05) is 10.0 Å². The summed E-state index contributed by atoms with van der Waals surface area (Å²) in [4.78, 5) is 0. The summed E-state index contributed by atoms with van der Waals surface area (Å²) in [6, 6.07) is 12.9. The number of rotatable bonds is 5. The highest BCUT2D eigenvalue weighted by Crippen LogP contribution is 2.41. The van der Waals surface area contributed by atoms with Crippen LogP contribution in [0.15, 0.2) is 46.9 Å². The lowest BCUT2D eigenvalue weighted by Crippen LogP contribution is -2.28. The molecule has 0 aliphatic carbocycles. The van der Waals surface area contributed by atoms with Crippen LogP contribution in [0.1, 0.15) is 42.1 Å². The Morgan fingerprint density at radius 3 is 2.75 bits per heavy atom. The largest absolute Gasteiger partial charge is 0.434 e. The number of hydrogen-bond donors (Lipinski definition) is 1. The van der Waals surface area contributed by atoms with E-state index in [4.69, 9.17) is 4.74 Å².